The van der Waals surface area contributed by atoms with E-state index < -0.39 is 11.6 Å². The summed E-state index contributed by atoms with van der Waals surface area (Å²) in [7, 11) is 10.8. The number of hydrogen-bond acceptors (Lipinski definition) is 15. The third-order valence-corrected chi connectivity index (χ3v) is 9.04. The van der Waals surface area contributed by atoms with Crippen molar-refractivity contribution in [2.45, 2.75) is 35.1 Å². The largest absolute Gasteiger partial charge is 2.00 e. The van der Waals surface area contributed by atoms with Crippen molar-refractivity contribution >= 4 is 81.0 Å². The van der Waals surface area contributed by atoms with Crippen LogP contribution in [0.25, 0.3) is 0 Å². The molecule has 16 nitrogen and oxygen atoms in total. The first-order chi connectivity index (χ1) is 33.4. The molecule has 0 atom stereocenters. The number of hydrogen-bond donors (Lipinski definition) is 4. The van der Waals surface area contributed by atoms with Gasteiger partial charge in [0.2, 0.25) is 11.9 Å². The number of ether oxygens (including phenoxy) is 2. The summed E-state index contributed by atoms with van der Waals surface area (Å²) >= 11 is 0. The smallest absolute Gasteiger partial charge is 1.00 e. The minimum Gasteiger partial charge on any atom is -1.00 e. The molecule has 6 rings (SSSR count). The van der Waals surface area contributed by atoms with E-state index in [1.165, 1.54) is 14.2 Å². The normalized spacial score (nSPS) is 10.0. The van der Waals surface area contributed by atoms with Gasteiger partial charge in [0, 0.05) is 66.1 Å². The third-order valence-electron chi connectivity index (χ3n) is 9.04. The number of carbonyl (C=O) groups is 2. The van der Waals surface area contributed by atoms with Crippen molar-refractivity contribution in [1.29, 1.82) is 0 Å². The molecule has 1 amide bonds. The molecule has 73 heavy (non-hydrogen) atoms. The number of ketones is 1. The van der Waals surface area contributed by atoms with E-state index in [2.05, 4.69) is 41.2 Å². The molecule has 4 N–H and O–H groups in total. The van der Waals surface area contributed by atoms with Gasteiger partial charge in [-0.1, -0.05) is 57.2 Å². The van der Waals surface area contributed by atoms with Gasteiger partial charge in [-0.25, -0.2) is 23.8 Å². The van der Waals surface area contributed by atoms with Gasteiger partial charge in [0.15, 0.2) is 29.1 Å². The number of nitrogens with one attached hydrogen (secondary N) is 4. The van der Waals surface area contributed by atoms with Crippen molar-refractivity contribution in [3.8, 4) is 11.5 Å². The maximum Gasteiger partial charge on any atom is 2.00 e. The Balaban J connectivity index is 0.000000655. The molecule has 0 fully saturated rings. The molecule has 0 aliphatic heterocycles. The first kappa shape index (κ1) is 64.5. The van der Waals surface area contributed by atoms with Crippen LogP contribution in [0.3, 0.4) is 0 Å². The molecular formula is C53H66BrF2MgN11O5. The number of hydroxylamine groups is 2. The van der Waals surface area contributed by atoms with Crippen molar-refractivity contribution in [3.05, 3.63) is 156 Å². The van der Waals surface area contributed by atoms with E-state index in [1.54, 1.807) is 54.6 Å². The van der Waals surface area contributed by atoms with Gasteiger partial charge in [-0.15, -0.1) is 0 Å². The summed E-state index contributed by atoms with van der Waals surface area (Å²) in [6.07, 6.45) is 3.72. The Morgan fingerprint density at radius 1 is 0.630 bits per heavy atom. The van der Waals surface area contributed by atoms with Crippen LogP contribution in [0, 0.1) is 18.2 Å². The maximum absolute atomic E-state index is 14.4. The van der Waals surface area contributed by atoms with Gasteiger partial charge >= 0.3 is 23.1 Å². The number of rotatable bonds is 20. The number of amides is 1. The fraction of sp³-hybridized carbons (Fsp3) is 0.283. The maximum atomic E-state index is 14.4. The molecule has 6 aromatic rings. The Bertz CT molecular complexity index is 2710. The summed E-state index contributed by atoms with van der Waals surface area (Å²) in [5, 5.41) is 13.0. The van der Waals surface area contributed by atoms with E-state index in [-0.39, 0.29) is 82.7 Å². The number of likely N-dealkylation sites (N-methyl/N-ethyl adjacent to an activating group) is 2. The molecule has 0 saturated heterocycles. The van der Waals surface area contributed by atoms with E-state index in [0.29, 0.717) is 58.6 Å². The van der Waals surface area contributed by atoms with Crippen LogP contribution >= 0.6 is 0 Å². The Kier molecular flexibility index (Phi) is 29.3. The van der Waals surface area contributed by atoms with Gasteiger partial charge < -0.3 is 64.1 Å². The molecule has 4 aromatic carbocycles. The summed E-state index contributed by atoms with van der Waals surface area (Å²) in [4.78, 5) is 50.1. The predicted octanol–water partition coefficient (Wildman–Crippen LogP) is 7.51. The number of benzene rings is 4. The molecule has 0 spiro atoms. The summed E-state index contributed by atoms with van der Waals surface area (Å²) in [5.41, 5.74) is 5.15. The van der Waals surface area contributed by atoms with Crippen molar-refractivity contribution in [2.24, 2.45) is 0 Å². The minimum absolute atomic E-state index is 0. The van der Waals surface area contributed by atoms with Gasteiger partial charge in [0.05, 0.1) is 19.5 Å². The minimum atomic E-state index is -0.632. The van der Waals surface area contributed by atoms with Crippen LogP contribution in [0.5, 0.6) is 11.5 Å². The fourth-order valence-electron chi connectivity index (χ4n) is 5.67. The molecule has 0 aliphatic rings. The van der Waals surface area contributed by atoms with Gasteiger partial charge in [-0.2, -0.15) is 9.97 Å². The molecule has 0 bridgehead atoms. The van der Waals surface area contributed by atoms with E-state index >= 15 is 0 Å². The summed E-state index contributed by atoms with van der Waals surface area (Å²) in [6, 6.07) is 28.2. The Morgan fingerprint density at radius 3 is 1.41 bits per heavy atom. The van der Waals surface area contributed by atoms with Crippen LogP contribution in [0.1, 0.15) is 55.8 Å². The second-order valence-electron chi connectivity index (χ2n) is 16.4. The average molecular weight is 1080 g/mol. The number of allylic oxidation sites excluding steroid dienone is 3. The van der Waals surface area contributed by atoms with Crippen LogP contribution in [-0.4, -0.2) is 138 Å². The first-order valence-electron chi connectivity index (χ1n) is 22.0. The van der Waals surface area contributed by atoms with E-state index in [1.807, 2.05) is 114 Å². The zero-order chi connectivity index (χ0) is 51.2. The van der Waals surface area contributed by atoms with Crippen LogP contribution < -0.4 is 47.7 Å². The quantitative estimate of drug-likeness (QED) is 0.0195. The summed E-state index contributed by atoms with van der Waals surface area (Å²) in [6.45, 7) is 15.2. The Morgan fingerprint density at radius 2 is 1.01 bits per heavy atom. The number of halogens is 3. The molecule has 2 aromatic heterocycles. The molecule has 386 valence electrons. The van der Waals surface area contributed by atoms with Crippen molar-refractivity contribution in [2.75, 3.05) is 89.9 Å². The predicted molar refractivity (Wildman–Crippen MR) is 285 cm³/mol. The SMILES string of the molecule is C.CC(C)=CC(=O)c1cccc(Nc2nc(Nc3cccc(OCCN(C)C)c3)ncc2F)c1.CON(C)C(=O)c1cccc(Nc2nc(Nc3cccc(OCCN(C)C)c3)ncc2F)c1.[Br-].[CH-]=C(C)C.[Mg+2]. The summed E-state index contributed by atoms with van der Waals surface area (Å²) < 4.78 is 40.2. The van der Waals surface area contributed by atoms with E-state index in [0.717, 1.165) is 41.7 Å². The molecule has 0 unspecified atom stereocenters. The van der Waals surface area contributed by atoms with Crippen LogP contribution in [0.4, 0.5) is 55.1 Å². The molecule has 2 heterocycles. The van der Waals surface area contributed by atoms with Crippen molar-refractivity contribution in [1.82, 2.24) is 34.8 Å². The monoisotopic (exact) mass is 1080 g/mol. The first-order valence-corrected chi connectivity index (χ1v) is 22.0. The Labute approximate surface area is 455 Å². The van der Waals surface area contributed by atoms with Crippen molar-refractivity contribution in [3.63, 3.8) is 0 Å². The molecule has 0 saturated carbocycles. The van der Waals surface area contributed by atoms with Gasteiger partial charge in [-0.05, 0) is 103 Å². The van der Waals surface area contributed by atoms with Gasteiger partial charge in [0.25, 0.3) is 5.91 Å². The van der Waals surface area contributed by atoms with Crippen LogP contribution in [0.2, 0.25) is 0 Å². The topological polar surface area (TPSA) is 171 Å². The second kappa shape index (κ2) is 33.2. The second-order valence-corrected chi connectivity index (χ2v) is 16.4. The molecular weight excluding hydrogens is 1010 g/mol. The van der Waals surface area contributed by atoms with Gasteiger partial charge in [-0.3, -0.25) is 20.0 Å². The van der Waals surface area contributed by atoms with Crippen LogP contribution in [0.15, 0.2) is 127 Å². The molecule has 0 radical (unpaired) electrons. The Hall–Kier alpha value is -6.55. The van der Waals surface area contributed by atoms with Gasteiger partial charge in [0.1, 0.15) is 24.7 Å². The van der Waals surface area contributed by atoms with Crippen LogP contribution in [-0.2, 0) is 4.84 Å². The molecule has 0 aliphatic carbocycles. The zero-order valence-electron chi connectivity index (χ0n) is 42.4. The fourth-order valence-corrected chi connectivity index (χ4v) is 5.67. The summed E-state index contributed by atoms with van der Waals surface area (Å²) in [5.74, 6) is 0.112. The van der Waals surface area contributed by atoms with Crippen molar-refractivity contribution < 1.29 is 49.7 Å². The number of carbonyl (C=O) groups excluding carboxylic acids is 2. The zero-order valence-corrected chi connectivity index (χ0v) is 45.4. The third kappa shape index (κ3) is 23.7. The average Bonchev–Trinajstić information content (AvgIpc) is 3.31. The van der Waals surface area contributed by atoms with E-state index in [4.69, 9.17) is 20.9 Å². The number of aromatic nitrogens is 4. The standard InChI is InChI=1S/C25H28FN5O2.C23H27FN6O3.C4H7.CH4.BrH.Mg/c1-17(2)13-23(32)18-7-5-8-19(14-18)28-24-22(26)16-27-25(30-24)29-20-9-6-10-21(15-20)33-12-11-31(3)4;1-29(2)11-12-33-19-10-6-9-18(14-19)27-23-25-15-20(24)21(28-23)26-17-8-5-7-16(13-17)22(31)30(3)32-4;1-4(2)3;;;/h5-10,13-16H,11-12H2,1-4H3,(H2,27,28,29,30);5-10,13-15H,11-12H2,1-4H3,(H2,25,26,27,28);1H,2-3H3;1H4;1H;/q;;-1;;;+2/p-1. The number of nitrogens with zero attached hydrogens (tertiary/aromatic N) is 7. The number of anilines is 8. The molecule has 20 heteroatoms. The van der Waals surface area contributed by atoms with E-state index in [9.17, 15) is 18.4 Å².